The number of hydrogen-bond acceptors (Lipinski definition) is 9. The van der Waals surface area contributed by atoms with Crippen LogP contribution in [0.3, 0.4) is 0 Å². The molecule has 0 radical (unpaired) electrons. The summed E-state index contributed by atoms with van der Waals surface area (Å²) in [5, 5.41) is 24.3. The van der Waals surface area contributed by atoms with E-state index >= 15 is 0 Å². The number of nitro benzene ring substituents is 1. The van der Waals surface area contributed by atoms with E-state index in [2.05, 4.69) is 15.3 Å². The van der Waals surface area contributed by atoms with Crippen molar-refractivity contribution in [2.45, 2.75) is 12.5 Å². The van der Waals surface area contributed by atoms with Crippen LogP contribution in [-0.4, -0.2) is 45.3 Å². The highest BCUT2D eigenvalue weighted by atomic mass is 35.5. The van der Waals surface area contributed by atoms with Crippen molar-refractivity contribution in [1.29, 1.82) is 0 Å². The molecule has 1 aliphatic rings. The summed E-state index contributed by atoms with van der Waals surface area (Å²) < 4.78 is 0. The number of carbonyl (C=O) groups excluding carboxylic acids is 4. The molecule has 4 amide bonds. The van der Waals surface area contributed by atoms with Crippen LogP contribution in [0.4, 0.5) is 17.1 Å². The van der Waals surface area contributed by atoms with Gasteiger partial charge in [-0.3, -0.25) is 29.3 Å². The molecular weight excluding hydrogens is 612 g/mol. The third-order valence-corrected chi connectivity index (χ3v) is 6.87. The lowest BCUT2D eigenvalue weighted by atomic mass is 10.0. The minimum atomic E-state index is -1.39. The molecule has 4 aromatic rings. The number of amides is 4. The van der Waals surface area contributed by atoms with Gasteiger partial charge in [0.15, 0.2) is 6.04 Å². The molecule has 0 aliphatic carbocycles. The summed E-state index contributed by atoms with van der Waals surface area (Å²) in [5.41, 5.74) is 1.30. The van der Waals surface area contributed by atoms with Gasteiger partial charge in [-0.2, -0.15) is 20.3 Å². The Morgan fingerprint density at radius 2 is 1.61 bits per heavy atom. The Bertz CT molecular complexity index is 1890. The lowest BCUT2D eigenvalue weighted by Crippen LogP contribution is -2.41. The van der Waals surface area contributed by atoms with E-state index < -0.39 is 41.0 Å². The summed E-state index contributed by atoms with van der Waals surface area (Å²) >= 11 is 6.01. The minimum absolute atomic E-state index is 0.0806. The quantitative estimate of drug-likeness (QED) is 0.0708. The number of non-ortho nitro benzene ring substituents is 1. The molecule has 4 aromatic carbocycles. The van der Waals surface area contributed by atoms with E-state index in [9.17, 15) is 29.3 Å². The summed E-state index contributed by atoms with van der Waals surface area (Å²) in [6, 6.07) is 27.2. The van der Waals surface area contributed by atoms with Gasteiger partial charge in [0.1, 0.15) is 12.1 Å². The maximum atomic E-state index is 13.5. The van der Waals surface area contributed by atoms with Gasteiger partial charge in [0, 0.05) is 28.8 Å². The normalized spacial score (nSPS) is 14.5. The summed E-state index contributed by atoms with van der Waals surface area (Å²) in [6.45, 7) is 0. The maximum Gasteiger partial charge on any atom is 0.282 e. The molecule has 1 aliphatic heterocycles. The highest BCUT2D eigenvalue weighted by Crippen LogP contribution is 2.25. The van der Waals surface area contributed by atoms with Crippen molar-refractivity contribution in [2.24, 2.45) is 15.3 Å². The van der Waals surface area contributed by atoms with Crippen LogP contribution in [0.5, 0.6) is 0 Å². The van der Waals surface area contributed by atoms with Crippen LogP contribution in [0.2, 0.25) is 5.02 Å². The van der Waals surface area contributed by atoms with Crippen LogP contribution >= 0.6 is 11.6 Å². The Kier molecular flexibility index (Phi) is 9.59. The lowest BCUT2D eigenvalue weighted by molar-refractivity contribution is -0.384. The summed E-state index contributed by atoms with van der Waals surface area (Å²) in [7, 11) is 0. The van der Waals surface area contributed by atoms with Crippen molar-refractivity contribution in [1.82, 2.24) is 5.01 Å². The maximum absolute atomic E-state index is 13.5. The highest BCUT2D eigenvalue weighted by molar-refractivity contribution is 6.31. The van der Waals surface area contributed by atoms with Crippen molar-refractivity contribution in [3.63, 3.8) is 0 Å². The molecule has 0 N–H and O–H groups in total. The largest absolute Gasteiger partial charge is 0.282 e. The van der Waals surface area contributed by atoms with Gasteiger partial charge in [0.05, 0.1) is 16.3 Å². The SMILES string of the molecule is O=C(CC(=O)N(C(=O)/C=C\c1ccccc1)c1ccc(Cl)cc1)N1N=C(c2ccccc2)[C@@H](N=Nc2cccc([N+](=O)[O-])c2)C1=O. The van der Waals surface area contributed by atoms with Gasteiger partial charge in [-0.15, -0.1) is 0 Å². The Labute approximate surface area is 267 Å². The van der Waals surface area contributed by atoms with E-state index in [1.807, 2.05) is 6.07 Å². The second-order valence-corrected chi connectivity index (χ2v) is 10.2. The number of rotatable bonds is 9. The predicted molar refractivity (Wildman–Crippen MR) is 170 cm³/mol. The Morgan fingerprint density at radius 3 is 2.28 bits per heavy atom. The van der Waals surface area contributed by atoms with Crippen molar-refractivity contribution in [2.75, 3.05) is 4.90 Å². The van der Waals surface area contributed by atoms with E-state index in [-0.39, 0.29) is 22.8 Å². The fourth-order valence-electron chi connectivity index (χ4n) is 4.42. The molecule has 0 unspecified atom stereocenters. The molecule has 1 atom stereocenters. The molecule has 0 saturated heterocycles. The third kappa shape index (κ3) is 7.31. The van der Waals surface area contributed by atoms with Crippen LogP contribution in [0.15, 0.2) is 131 Å². The fourth-order valence-corrected chi connectivity index (χ4v) is 4.54. The molecule has 0 fully saturated rings. The smallest absolute Gasteiger partial charge is 0.273 e. The van der Waals surface area contributed by atoms with Crippen LogP contribution in [0.25, 0.3) is 6.08 Å². The molecule has 0 spiro atoms. The van der Waals surface area contributed by atoms with Gasteiger partial charge in [0.25, 0.3) is 23.4 Å². The lowest BCUT2D eigenvalue weighted by Gasteiger charge is -2.20. The third-order valence-electron chi connectivity index (χ3n) is 6.62. The van der Waals surface area contributed by atoms with Crippen molar-refractivity contribution < 1.29 is 24.1 Å². The number of hydrogen-bond donors (Lipinski definition) is 0. The van der Waals surface area contributed by atoms with E-state index in [1.165, 1.54) is 60.7 Å². The molecule has 228 valence electrons. The van der Waals surface area contributed by atoms with Gasteiger partial charge < -0.3 is 0 Å². The topological polar surface area (TPSA) is 155 Å². The Morgan fingerprint density at radius 1 is 0.935 bits per heavy atom. The van der Waals surface area contributed by atoms with Crippen molar-refractivity contribution >= 4 is 64.1 Å². The molecule has 0 bridgehead atoms. The second-order valence-electron chi connectivity index (χ2n) is 9.75. The minimum Gasteiger partial charge on any atom is -0.273 e. The van der Waals surface area contributed by atoms with Crippen molar-refractivity contribution in [3.8, 4) is 0 Å². The molecule has 0 saturated carbocycles. The predicted octanol–water partition coefficient (Wildman–Crippen LogP) is 6.14. The van der Waals surface area contributed by atoms with E-state index in [4.69, 9.17) is 11.6 Å². The monoisotopic (exact) mass is 634 g/mol. The standard InChI is InChI=1S/C33H23ClN6O6/c34-24-15-17-26(18-16-24)38(28(41)19-14-22-8-3-1-4-9-22)29(42)21-30(43)39-33(44)32(31(37-39)23-10-5-2-6-11-23)36-35-25-12-7-13-27(20-25)40(45)46/h1-20,32H,21H2/b19-14-,36-35?/t32-/m1/s1. The van der Waals surface area contributed by atoms with Gasteiger partial charge in [0.2, 0.25) is 5.91 Å². The van der Waals surface area contributed by atoms with Crippen LogP contribution in [-0.2, 0) is 19.2 Å². The van der Waals surface area contributed by atoms with E-state index in [0.29, 0.717) is 21.2 Å². The molecule has 12 nitrogen and oxygen atoms in total. The first kappa shape index (κ1) is 31.3. The van der Waals surface area contributed by atoms with Crippen LogP contribution < -0.4 is 4.90 Å². The first-order valence-corrected chi connectivity index (χ1v) is 14.1. The van der Waals surface area contributed by atoms with Gasteiger partial charge in [-0.1, -0.05) is 78.3 Å². The van der Waals surface area contributed by atoms with Crippen LogP contribution in [0.1, 0.15) is 17.5 Å². The summed E-state index contributed by atoms with van der Waals surface area (Å²) in [5.74, 6) is -3.54. The van der Waals surface area contributed by atoms with E-state index in [1.54, 1.807) is 54.6 Å². The second kappa shape index (κ2) is 14.1. The molecule has 1 heterocycles. The summed E-state index contributed by atoms with van der Waals surface area (Å²) in [6.07, 6.45) is 1.83. The number of imide groups is 2. The van der Waals surface area contributed by atoms with E-state index in [0.717, 1.165) is 4.90 Å². The Hall–Kier alpha value is -6.14. The molecule has 0 aromatic heterocycles. The zero-order chi connectivity index (χ0) is 32.6. The van der Waals surface area contributed by atoms with Gasteiger partial charge >= 0.3 is 0 Å². The summed E-state index contributed by atoms with van der Waals surface area (Å²) in [4.78, 5) is 65.1. The van der Waals surface area contributed by atoms with Crippen LogP contribution in [0, 0.1) is 10.1 Å². The molecule has 46 heavy (non-hydrogen) atoms. The first-order chi connectivity index (χ1) is 22.2. The van der Waals surface area contributed by atoms with Gasteiger partial charge in [-0.25, -0.2) is 4.90 Å². The number of benzene rings is 4. The fraction of sp³-hybridized carbons (Fsp3) is 0.0606. The number of hydrazone groups is 1. The number of nitrogens with zero attached hydrogens (tertiary/aromatic N) is 6. The highest BCUT2D eigenvalue weighted by Gasteiger charge is 2.41. The zero-order valence-corrected chi connectivity index (χ0v) is 24.6. The molecule has 5 rings (SSSR count). The number of azo groups is 1. The Balaban J connectivity index is 1.41. The number of nitro groups is 1. The van der Waals surface area contributed by atoms with Gasteiger partial charge in [-0.05, 0) is 42.0 Å². The number of anilines is 1. The van der Waals surface area contributed by atoms with Crippen molar-refractivity contribution in [3.05, 3.63) is 142 Å². The average Bonchev–Trinajstić information content (AvgIpc) is 3.40. The average molecular weight is 635 g/mol. The number of carbonyl (C=O) groups is 4. The zero-order valence-electron chi connectivity index (χ0n) is 23.8. The number of halogens is 1. The molecule has 13 heteroatoms. The first-order valence-electron chi connectivity index (χ1n) is 13.7. The molecular formula is C33H23ClN6O6.